The number of rotatable bonds is 8. The minimum Gasteiger partial charge on any atom is -0.387 e. The fraction of sp³-hybridized carbons (Fsp3) is 0.333. The first-order chi connectivity index (χ1) is 11.0. The van der Waals surface area contributed by atoms with Gasteiger partial charge in [-0.25, -0.2) is 0 Å². The summed E-state index contributed by atoms with van der Waals surface area (Å²) in [5, 5.41) is 0. The Morgan fingerprint density at radius 3 is 2.48 bits per heavy atom. The van der Waals surface area contributed by atoms with Gasteiger partial charge in [0, 0.05) is 0 Å². The van der Waals surface area contributed by atoms with Crippen LogP contribution in [0.1, 0.15) is 25.3 Å². The van der Waals surface area contributed by atoms with Gasteiger partial charge in [0.1, 0.15) is 11.2 Å². The smallest absolute Gasteiger partial charge is 0.338 e. The molecule has 0 saturated carbocycles. The third-order valence-corrected chi connectivity index (χ3v) is 4.68. The largest absolute Gasteiger partial charge is 0.387 e. The first-order valence-electron chi connectivity index (χ1n) is 7.61. The lowest BCUT2D eigenvalue weighted by Crippen LogP contribution is -2.01. The number of epoxide rings is 1. The summed E-state index contributed by atoms with van der Waals surface area (Å²) in [7, 11) is -3.73. The van der Waals surface area contributed by atoms with Crippen molar-refractivity contribution in [3.05, 3.63) is 66.5 Å². The summed E-state index contributed by atoms with van der Waals surface area (Å²) in [5.41, 5.74) is 0.998. The van der Waals surface area contributed by atoms with Crippen molar-refractivity contribution >= 4 is 10.1 Å². The molecule has 0 spiro atoms. The van der Waals surface area contributed by atoms with Gasteiger partial charge in [-0.15, -0.1) is 0 Å². The number of allylic oxidation sites excluding steroid dienone is 4. The number of hydrogen-bond acceptors (Lipinski definition) is 4. The van der Waals surface area contributed by atoms with E-state index in [0.29, 0.717) is 12.2 Å². The third-order valence-electron chi connectivity index (χ3n) is 3.46. The predicted octanol–water partition coefficient (Wildman–Crippen LogP) is 3.89. The number of ether oxygens (including phenoxy) is 1. The molecule has 4 nitrogen and oxygen atoms in total. The predicted molar refractivity (Wildman–Crippen MR) is 90.4 cm³/mol. The second-order valence-corrected chi connectivity index (χ2v) is 7.01. The topological polar surface area (TPSA) is 55.9 Å². The van der Waals surface area contributed by atoms with Gasteiger partial charge in [-0.2, -0.15) is 8.42 Å². The molecule has 1 aromatic rings. The van der Waals surface area contributed by atoms with Crippen LogP contribution in [0, 0.1) is 6.92 Å². The second-order valence-electron chi connectivity index (χ2n) is 5.44. The van der Waals surface area contributed by atoms with E-state index in [9.17, 15) is 8.42 Å². The van der Waals surface area contributed by atoms with E-state index in [1.807, 2.05) is 13.0 Å². The van der Waals surface area contributed by atoms with Crippen LogP contribution in [-0.4, -0.2) is 20.6 Å². The molecule has 1 saturated heterocycles. The number of hydrogen-bond donors (Lipinski definition) is 0. The molecule has 1 aromatic carbocycles. The average molecular weight is 334 g/mol. The molecule has 0 aromatic heterocycles. The van der Waals surface area contributed by atoms with Gasteiger partial charge in [0.05, 0.1) is 12.2 Å². The van der Waals surface area contributed by atoms with E-state index in [2.05, 4.69) is 19.1 Å². The molecule has 0 unspecified atom stereocenters. The molecule has 2 atom stereocenters. The van der Waals surface area contributed by atoms with Crippen LogP contribution in [0.3, 0.4) is 0 Å². The van der Waals surface area contributed by atoms with E-state index in [1.165, 1.54) is 18.4 Å². The van der Waals surface area contributed by atoms with Crippen LogP contribution in [0.5, 0.6) is 0 Å². The SMILES string of the molecule is Cc1ccc(S(=O)(=O)OC=C/C=C\C/C=C\C[C@@H]2O[C@@H]2C)cc1. The molecule has 23 heavy (non-hydrogen) atoms. The first kappa shape index (κ1) is 17.5. The molecule has 0 N–H and O–H groups in total. The van der Waals surface area contributed by atoms with Crippen molar-refractivity contribution in [2.24, 2.45) is 0 Å². The van der Waals surface area contributed by atoms with Gasteiger partial charge in [0.2, 0.25) is 0 Å². The quantitative estimate of drug-likeness (QED) is 0.238. The van der Waals surface area contributed by atoms with Crippen LogP contribution >= 0.6 is 0 Å². The Kier molecular flexibility index (Phi) is 6.19. The van der Waals surface area contributed by atoms with E-state index in [4.69, 9.17) is 8.92 Å². The normalized spacial score (nSPS) is 21.5. The monoisotopic (exact) mass is 334 g/mol. The van der Waals surface area contributed by atoms with Crippen molar-refractivity contribution in [1.82, 2.24) is 0 Å². The fourth-order valence-electron chi connectivity index (χ4n) is 1.95. The molecule has 1 aliphatic rings. The minimum absolute atomic E-state index is 0.149. The highest BCUT2D eigenvalue weighted by Crippen LogP contribution is 2.24. The van der Waals surface area contributed by atoms with Gasteiger partial charge in [-0.1, -0.05) is 42.0 Å². The van der Waals surface area contributed by atoms with Gasteiger partial charge >= 0.3 is 10.1 Å². The maximum atomic E-state index is 11.9. The van der Waals surface area contributed by atoms with Crippen molar-refractivity contribution in [2.45, 2.75) is 43.8 Å². The molecule has 124 valence electrons. The zero-order valence-corrected chi connectivity index (χ0v) is 14.2. The summed E-state index contributed by atoms with van der Waals surface area (Å²) in [6, 6.07) is 6.53. The van der Waals surface area contributed by atoms with Crippen LogP contribution in [0.25, 0.3) is 0 Å². The Labute approximate surface area is 138 Å². The van der Waals surface area contributed by atoms with E-state index in [-0.39, 0.29) is 4.90 Å². The molecular weight excluding hydrogens is 312 g/mol. The second kappa shape index (κ2) is 8.13. The van der Waals surface area contributed by atoms with Gasteiger partial charge in [-0.05, 0) is 44.9 Å². The minimum atomic E-state index is -3.73. The Morgan fingerprint density at radius 2 is 1.83 bits per heavy atom. The maximum absolute atomic E-state index is 11.9. The number of benzene rings is 1. The van der Waals surface area contributed by atoms with Crippen molar-refractivity contribution in [3.63, 3.8) is 0 Å². The third kappa shape index (κ3) is 6.04. The highest BCUT2D eigenvalue weighted by Gasteiger charge is 2.32. The van der Waals surface area contributed by atoms with Crippen LogP contribution in [-0.2, 0) is 19.0 Å². The summed E-state index contributed by atoms with van der Waals surface area (Å²) < 4.78 is 33.9. The molecule has 2 rings (SSSR count). The average Bonchev–Trinajstić information content (AvgIpc) is 3.21. The highest BCUT2D eigenvalue weighted by molar-refractivity contribution is 7.86. The van der Waals surface area contributed by atoms with Crippen LogP contribution in [0.15, 0.2) is 65.8 Å². The van der Waals surface area contributed by atoms with E-state index in [1.54, 1.807) is 24.3 Å². The van der Waals surface area contributed by atoms with Gasteiger partial charge in [-0.3, -0.25) is 0 Å². The molecule has 5 heteroatoms. The molecule has 0 amide bonds. The van der Waals surface area contributed by atoms with E-state index >= 15 is 0 Å². The molecule has 1 fully saturated rings. The summed E-state index contributed by atoms with van der Waals surface area (Å²) in [6.45, 7) is 3.96. The van der Waals surface area contributed by atoms with Crippen molar-refractivity contribution in [3.8, 4) is 0 Å². The molecular formula is C18H22O4S. The van der Waals surface area contributed by atoms with E-state index < -0.39 is 10.1 Å². The van der Waals surface area contributed by atoms with Gasteiger partial charge in [0.25, 0.3) is 0 Å². The molecule has 1 aliphatic heterocycles. The van der Waals surface area contributed by atoms with Crippen LogP contribution < -0.4 is 0 Å². The number of aryl methyl sites for hydroxylation is 1. The van der Waals surface area contributed by atoms with Gasteiger partial charge < -0.3 is 8.92 Å². The molecule has 0 aliphatic carbocycles. The van der Waals surface area contributed by atoms with Gasteiger partial charge in [0.15, 0.2) is 0 Å². The Morgan fingerprint density at radius 1 is 1.13 bits per heavy atom. The van der Waals surface area contributed by atoms with E-state index in [0.717, 1.165) is 18.4 Å². The summed E-state index contributed by atoms with van der Waals surface area (Å²) >= 11 is 0. The summed E-state index contributed by atoms with van der Waals surface area (Å²) in [4.78, 5) is 0.149. The standard InChI is InChI=1S/C18H22O4S/c1-15-10-12-17(13-11-15)23(19,20)21-14-8-6-4-3-5-7-9-18-16(2)22-18/h4-8,10-14,16,18H,3,9H2,1-2H3/b6-4-,7-5-,14-8?/t16-,18+/m1/s1. The molecule has 0 radical (unpaired) electrons. The Hall–Kier alpha value is -1.85. The van der Waals surface area contributed by atoms with Crippen LogP contribution in [0.4, 0.5) is 0 Å². The van der Waals surface area contributed by atoms with Crippen molar-refractivity contribution < 1.29 is 17.3 Å². The molecule has 1 heterocycles. The molecule has 0 bridgehead atoms. The van der Waals surface area contributed by atoms with Crippen molar-refractivity contribution in [1.29, 1.82) is 0 Å². The zero-order chi connectivity index (χ0) is 16.7. The highest BCUT2D eigenvalue weighted by atomic mass is 32.2. The Balaban J connectivity index is 1.70. The fourth-order valence-corrected chi connectivity index (χ4v) is 2.74. The zero-order valence-electron chi connectivity index (χ0n) is 13.4. The summed E-state index contributed by atoms with van der Waals surface area (Å²) in [5.74, 6) is 0. The first-order valence-corrected chi connectivity index (χ1v) is 9.02. The lowest BCUT2D eigenvalue weighted by Gasteiger charge is -2.02. The van der Waals surface area contributed by atoms with Crippen molar-refractivity contribution in [2.75, 3.05) is 0 Å². The summed E-state index contributed by atoms with van der Waals surface area (Å²) in [6.07, 6.45) is 13.1. The Bertz CT molecular complexity index is 684. The maximum Gasteiger partial charge on any atom is 0.338 e. The lowest BCUT2D eigenvalue weighted by atomic mass is 10.2. The lowest BCUT2D eigenvalue weighted by molar-refractivity contribution is 0.380. The van der Waals surface area contributed by atoms with Crippen LogP contribution in [0.2, 0.25) is 0 Å².